The van der Waals surface area contributed by atoms with Crippen molar-refractivity contribution in [3.8, 4) is 11.3 Å². The van der Waals surface area contributed by atoms with Gasteiger partial charge in [0.05, 0.1) is 22.4 Å². The van der Waals surface area contributed by atoms with Crippen LogP contribution in [0.5, 0.6) is 0 Å². The molecule has 0 radical (unpaired) electrons. The number of anilines is 1. The summed E-state index contributed by atoms with van der Waals surface area (Å²) in [6.07, 6.45) is 5.39. The van der Waals surface area contributed by atoms with E-state index in [0.717, 1.165) is 59.2 Å². The molecule has 4 heterocycles. The van der Waals surface area contributed by atoms with Crippen LogP contribution in [0.1, 0.15) is 52.0 Å². The maximum Gasteiger partial charge on any atom is 0.410 e. The highest BCUT2D eigenvalue weighted by Crippen LogP contribution is 2.40. The second-order valence-electron chi connectivity index (χ2n) is 10.5. The molecule has 8 nitrogen and oxygen atoms in total. The summed E-state index contributed by atoms with van der Waals surface area (Å²) in [7, 11) is 2.08. The molecule has 5 rings (SSSR count). The van der Waals surface area contributed by atoms with Crippen LogP contribution in [0, 0.1) is 6.92 Å². The van der Waals surface area contributed by atoms with Crippen molar-refractivity contribution >= 4 is 34.4 Å². The standard InChI is InChI=1S/C25H31ClN6O2/c1-14-10-21(18-8-9-20(26)19-13-27-29-22(18)19)28-30-23(14)31(5)17-11-15-6-7-16(12-17)32(15)24(33)34-25(2,3)4/h8-10,13,15-17H,6-7,11-12H2,1-5H3,(H,27,29)/t15-,16?,17?/m0/s1. The number of hydrogen-bond donors (Lipinski definition) is 1. The maximum atomic E-state index is 12.8. The van der Waals surface area contributed by atoms with Gasteiger partial charge in [-0.15, -0.1) is 10.2 Å². The zero-order chi connectivity index (χ0) is 24.2. The second kappa shape index (κ2) is 8.41. The number of hydrogen-bond acceptors (Lipinski definition) is 6. The van der Waals surface area contributed by atoms with E-state index in [4.69, 9.17) is 16.3 Å². The number of aryl methyl sites for hydroxylation is 1. The zero-order valence-corrected chi connectivity index (χ0v) is 21.1. The Balaban J connectivity index is 1.35. The molecule has 1 aromatic carbocycles. The number of carbonyl (C=O) groups excluding carboxylic acids is 1. The molecule has 2 fully saturated rings. The number of carbonyl (C=O) groups is 1. The number of amides is 1. The van der Waals surface area contributed by atoms with Gasteiger partial charge in [-0.05, 0) is 77.1 Å². The fourth-order valence-electron chi connectivity index (χ4n) is 5.42. The Hall–Kier alpha value is -2.87. The van der Waals surface area contributed by atoms with Gasteiger partial charge in [0.15, 0.2) is 5.82 Å². The van der Waals surface area contributed by atoms with E-state index in [1.54, 1.807) is 6.20 Å². The maximum absolute atomic E-state index is 12.8. The Kier molecular flexibility index (Phi) is 5.67. The van der Waals surface area contributed by atoms with Gasteiger partial charge in [-0.3, -0.25) is 5.10 Å². The molecule has 2 bridgehead atoms. The van der Waals surface area contributed by atoms with Crippen LogP contribution >= 0.6 is 11.6 Å². The van der Waals surface area contributed by atoms with E-state index in [-0.39, 0.29) is 18.2 Å². The van der Waals surface area contributed by atoms with Crippen molar-refractivity contribution in [3.05, 3.63) is 35.0 Å². The molecule has 1 N–H and O–H groups in total. The number of aromatic nitrogens is 4. The number of benzene rings is 1. The fraction of sp³-hybridized carbons (Fsp3) is 0.520. The first kappa shape index (κ1) is 22.9. The lowest BCUT2D eigenvalue weighted by molar-refractivity contribution is 0.00596. The average Bonchev–Trinajstić information content (AvgIpc) is 3.36. The number of nitrogens with zero attached hydrogens (tertiary/aromatic N) is 5. The van der Waals surface area contributed by atoms with Crippen molar-refractivity contribution in [2.75, 3.05) is 11.9 Å². The van der Waals surface area contributed by atoms with Crippen LogP contribution in [0.2, 0.25) is 5.02 Å². The summed E-state index contributed by atoms with van der Waals surface area (Å²) < 4.78 is 5.68. The van der Waals surface area contributed by atoms with Crippen molar-refractivity contribution in [2.24, 2.45) is 0 Å². The molecule has 0 spiro atoms. The highest BCUT2D eigenvalue weighted by atomic mass is 35.5. The van der Waals surface area contributed by atoms with Crippen LogP contribution < -0.4 is 4.90 Å². The minimum Gasteiger partial charge on any atom is -0.444 e. The van der Waals surface area contributed by atoms with Crippen molar-refractivity contribution in [1.29, 1.82) is 0 Å². The van der Waals surface area contributed by atoms with Crippen LogP contribution in [-0.2, 0) is 4.74 Å². The summed E-state index contributed by atoms with van der Waals surface area (Å²) >= 11 is 6.30. The van der Waals surface area contributed by atoms with Crippen LogP contribution in [0.25, 0.3) is 22.2 Å². The summed E-state index contributed by atoms with van der Waals surface area (Å²) in [5.74, 6) is 0.869. The third kappa shape index (κ3) is 4.08. The molecule has 0 saturated carbocycles. The van der Waals surface area contributed by atoms with E-state index in [2.05, 4.69) is 45.3 Å². The Labute approximate surface area is 204 Å². The summed E-state index contributed by atoms with van der Waals surface area (Å²) in [5.41, 5.74) is 3.13. The predicted octanol–water partition coefficient (Wildman–Crippen LogP) is 5.35. The summed E-state index contributed by atoms with van der Waals surface area (Å²) in [6, 6.07) is 6.57. The number of fused-ring (bicyclic) bond motifs is 3. The van der Waals surface area contributed by atoms with Crippen LogP contribution in [0.3, 0.4) is 0 Å². The Morgan fingerprint density at radius 1 is 1.21 bits per heavy atom. The summed E-state index contributed by atoms with van der Waals surface area (Å²) in [5, 5.41) is 17.9. The third-order valence-corrected chi connectivity index (χ3v) is 7.32. The largest absolute Gasteiger partial charge is 0.444 e. The third-order valence-electron chi connectivity index (χ3n) is 6.99. The molecule has 34 heavy (non-hydrogen) atoms. The number of rotatable bonds is 3. The number of H-pyrrole nitrogens is 1. The second-order valence-corrected chi connectivity index (χ2v) is 10.9. The topological polar surface area (TPSA) is 87.2 Å². The van der Waals surface area contributed by atoms with Crippen molar-refractivity contribution < 1.29 is 9.53 Å². The Bertz CT molecular complexity index is 1220. The van der Waals surface area contributed by atoms with Gasteiger partial charge in [0.25, 0.3) is 0 Å². The number of aromatic amines is 1. The molecule has 180 valence electrons. The van der Waals surface area contributed by atoms with Gasteiger partial charge in [0, 0.05) is 36.1 Å². The zero-order valence-electron chi connectivity index (χ0n) is 20.3. The minimum absolute atomic E-state index is 0.186. The van der Waals surface area contributed by atoms with E-state index in [0.29, 0.717) is 11.1 Å². The lowest BCUT2D eigenvalue weighted by Gasteiger charge is -2.42. The fourth-order valence-corrected chi connectivity index (χ4v) is 5.63. The monoisotopic (exact) mass is 482 g/mol. The number of ether oxygens (including phenoxy) is 1. The van der Waals surface area contributed by atoms with Crippen molar-refractivity contribution in [3.63, 3.8) is 0 Å². The molecule has 0 aliphatic carbocycles. The molecule has 1 amide bonds. The van der Waals surface area contributed by atoms with Crippen LogP contribution in [-0.4, -0.2) is 62.2 Å². The molecular formula is C25H31ClN6O2. The van der Waals surface area contributed by atoms with Gasteiger partial charge in [-0.25, -0.2) is 4.79 Å². The van der Waals surface area contributed by atoms with Gasteiger partial charge >= 0.3 is 6.09 Å². The molecule has 2 aliphatic heterocycles. The normalized spacial score (nSPS) is 22.3. The molecule has 3 atom stereocenters. The van der Waals surface area contributed by atoms with Gasteiger partial charge in [0.2, 0.25) is 0 Å². The molecule has 9 heteroatoms. The van der Waals surface area contributed by atoms with E-state index in [1.165, 1.54) is 0 Å². The number of halogens is 1. The highest BCUT2D eigenvalue weighted by Gasteiger charge is 2.46. The smallest absolute Gasteiger partial charge is 0.410 e. The molecule has 2 aliphatic rings. The average molecular weight is 483 g/mol. The van der Waals surface area contributed by atoms with E-state index in [1.807, 2.05) is 37.8 Å². The van der Waals surface area contributed by atoms with E-state index >= 15 is 0 Å². The molecule has 2 aromatic heterocycles. The van der Waals surface area contributed by atoms with Gasteiger partial charge in [-0.1, -0.05) is 11.6 Å². The summed E-state index contributed by atoms with van der Waals surface area (Å²) in [4.78, 5) is 17.0. The lowest BCUT2D eigenvalue weighted by Crippen LogP contribution is -2.53. The van der Waals surface area contributed by atoms with Crippen LogP contribution in [0.15, 0.2) is 24.4 Å². The number of piperidine rings is 1. The first-order valence-corrected chi connectivity index (χ1v) is 12.2. The first-order chi connectivity index (χ1) is 16.1. The van der Waals surface area contributed by atoms with E-state index < -0.39 is 5.60 Å². The quantitative estimate of drug-likeness (QED) is 0.541. The molecule has 3 aromatic rings. The molecule has 2 unspecified atom stereocenters. The highest BCUT2D eigenvalue weighted by molar-refractivity contribution is 6.35. The van der Waals surface area contributed by atoms with Gasteiger partial charge in [0.1, 0.15) is 5.60 Å². The van der Waals surface area contributed by atoms with Gasteiger partial charge in [-0.2, -0.15) is 5.10 Å². The van der Waals surface area contributed by atoms with Gasteiger partial charge < -0.3 is 14.5 Å². The van der Waals surface area contributed by atoms with Crippen molar-refractivity contribution in [1.82, 2.24) is 25.3 Å². The SMILES string of the molecule is Cc1cc(-c2ccc(Cl)c3cn[nH]c23)nnc1N(C)C1CC2CC[C@@H](C1)N2C(=O)OC(C)(C)C. The van der Waals surface area contributed by atoms with Crippen LogP contribution in [0.4, 0.5) is 10.6 Å². The Morgan fingerprint density at radius 3 is 2.56 bits per heavy atom. The summed E-state index contributed by atoms with van der Waals surface area (Å²) in [6.45, 7) is 7.81. The first-order valence-electron chi connectivity index (χ1n) is 11.8. The predicted molar refractivity (Wildman–Crippen MR) is 133 cm³/mol. The molecule has 2 saturated heterocycles. The lowest BCUT2D eigenvalue weighted by atomic mass is 9.96. The van der Waals surface area contributed by atoms with Crippen molar-refractivity contribution in [2.45, 2.75) is 77.1 Å². The minimum atomic E-state index is -0.482. The molecular weight excluding hydrogens is 452 g/mol. The Morgan fingerprint density at radius 2 is 1.91 bits per heavy atom. The van der Waals surface area contributed by atoms with E-state index in [9.17, 15) is 4.79 Å². The number of nitrogens with one attached hydrogen (secondary N) is 1.